The van der Waals surface area contributed by atoms with Crippen LogP contribution in [0.25, 0.3) is 0 Å². The van der Waals surface area contributed by atoms with Gasteiger partial charge in [0.05, 0.1) is 6.04 Å². The minimum Gasteiger partial charge on any atom is -0.293 e. The smallest absolute Gasteiger partial charge is 0.0578 e. The Hall–Kier alpha value is -0.850. The molecule has 1 nitrogen and oxygen atoms in total. The van der Waals surface area contributed by atoms with Gasteiger partial charge in [0.1, 0.15) is 0 Å². The van der Waals surface area contributed by atoms with Crippen LogP contribution in [0.1, 0.15) is 53.4 Å². The summed E-state index contributed by atoms with van der Waals surface area (Å²) in [4.78, 5) is 4.80. The first-order chi connectivity index (χ1) is 8.00. The molecular weight excluding hydrogens is 206 g/mol. The van der Waals surface area contributed by atoms with Gasteiger partial charge in [0, 0.05) is 6.21 Å². The lowest BCUT2D eigenvalue weighted by molar-refractivity contribution is 0.324. The summed E-state index contributed by atoms with van der Waals surface area (Å²) < 4.78 is 0. The molecule has 2 unspecified atom stereocenters. The lowest BCUT2D eigenvalue weighted by atomic mass is 9.85. The molecule has 0 fully saturated rings. The van der Waals surface area contributed by atoms with E-state index in [1.54, 1.807) is 0 Å². The zero-order chi connectivity index (χ0) is 12.7. The molecule has 0 aliphatic carbocycles. The Balaban J connectivity index is 2.75. The molecule has 2 atom stereocenters. The maximum Gasteiger partial charge on any atom is 0.0578 e. The molecule has 0 radical (unpaired) electrons. The Kier molecular flexibility index (Phi) is 5.67. The minimum absolute atomic E-state index is 0.251. The topological polar surface area (TPSA) is 12.4 Å². The summed E-state index contributed by atoms with van der Waals surface area (Å²) in [6, 6.07) is 0.407. The average Bonchev–Trinajstić information content (AvgIpc) is 2.21. The van der Waals surface area contributed by atoms with E-state index >= 15 is 0 Å². The third-order valence-corrected chi connectivity index (χ3v) is 3.22. The van der Waals surface area contributed by atoms with E-state index in [0.717, 1.165) is 19.3 Å². The molecule has 96 valence electrons. The lowest BCUT2D eigenvalue weighted by Gasteiger charge is -2.26. The van der Waals surface area contributed by atoms with Crippen LogP contribution >= 0.6 is 0 Å². The predicted octanol–water partition coefficient (Wildman–Crippen LogP) is 4.79. The largest absolute Gasteiger partial charge is 0.293 e. The first-order valence-electron chi connectivity index (χ1n) is 6.83. The van der Waals surface area contributed by atoms with Crippen molar-refractivity contribution < 1.29 is 0 Å². The van der Waals surface area contributed by atoms with Gasteiger partial charge in [-0.15, -0.1) is 0 Å². The number of nitrogens with zero attached hydrogens (tertiary/aromatic N) is 1. The van der Waals surface area contributed by atoms with Crippen LogP contribution in [0.2, 0.25) is 0 Å². The van der Waals surface area contributed by atoms with Crippen molar-refractivity contribution in [2.75, 3.05) is 0 Å². The van der Waals surface area contributed by atoms with Gasteiger partial charge in [0.15, 0.2) is 0 Å². The van der Waals surface area contributed by atoms with Crippen molar-refractivity contribution >= 4 is 6.21 Å². The quantitative estimate of drug-likeness (QED) is 0.533. The van der Waals surface area contributed by atoms with Crippen molar-refractivity contribution in [3.05, 3.63) is 24.3 Å². The van der Waals surface area contributed by atoms with Gasteiger partial charge in [-0.25, -0.2) is 0 Å². The first kappa shape index (κ1) is 14.2. The van der Waals surface area contributed by atoms with E-state index < -0.39 is 0 Å². The second kappa shape index (κ2) is 6.78. The Morgan fingerprint density at radius 2 is 1.53 bits per heavy atom. The number of aliphatic imine (C=N–C) groups is 1. The molecule has 0 bridgehead atoms. The second-order valence-corrected chi connectivity index (χ2v) is 6.15. The minimum atomic E-state index is 0.251. The summed E-state index contributed by atoms with van der Waals surface area (Å²) in [5.41, 5.74) is 0.251. The van der Waals surface area contributed by atoms with Gasteiger partial charge >= 0.3 is 0 Å². The Morgan fingerprint density at radius 1 is 0.941 bits per heavy atom. The van der Waals surface area contributed by atoms with Gasteiger partial charge < -0.3 is 0 Å². The zero-order valence-corrected chi connectivity index (χ0v) is 11.8. The number of rotatable bonds is 0. The van der Waals surface area contributed by atoms with E-state index in [1.807, 2.05) is 0 Å². The molecule has 0 saturated carbocycles. The fourth-order valence-electron chi connectivity index (χ4n) is 1.91. The van der Waals surface area contributed by atoms with Crippen LogP contribution in [-0.2, 0) is 0 Å². The third kappa shape index (κ3) is 5.86. The molecule has 1 rings (SSSR count). The van der Waals surface area contributed by atoms with Crippen LogP contribution in [0, 0.1) is 11.3 Å². The fraction of sp³-hybridized carbons (Fsp3) is 0.688. The molecule has 1 heterocycles. The summed E-state index contributed by atoms with van der Waals surface area (Å²) in [6.07, 6.45) is 15.8. The molecule has 0 amide bonds. The van der Waals surface area contributed by atoms with Crippen molar-refractivity contribution in [2.45, 2.75) is 59.4 Å². The average molecular weight is 233 g/mol. The summed E-state index contributed by atoms with van der Waals surface area (Å²) in [7, 11) is 0. The number of hydrogen-bond acceptors (Lipinski definition) is 1. The van der Waals surface area contributed by atoms with E-state index in [2.05, 4.69) is 58.2 Å². The number of allylic oxidation sites excluding steroid dienone is 3. The second-order valence-electron chi connectivity index (χ2n) is 6.15. The Labute approximate surface area is 107 Å². The van der Waals surface area contributed by atoms with Gasteiger partial charge in [0.25, 0.3) is 0 Å². The molecule has 0 N–H and O–H groups in total. The standard InChI is InChI=1S/C16H27N/c1-14-11-9-7-5-6-8-10-12-15(17-13-14)16(2,3)4/h7-10,13-15H,5-6,11-12H2,1-4H3/b9-7+,10-8+,17-13?. The van der Waals surface area contributed by atoms with Crippen molar-refractivity contribution in [3.63, 3.8) is 0 Å². The predicted molar refractivity (Wildman–Crippen MR) is 77.6 cm³/mol. The van der Waals surface area contributed by atoms with Crippen molar-refractivity contribution in [1.29, 1.82) is 0 Å². The molecular formula is C16H27N. The van der Waals surface area contributed by atoms with Crippen molar-refractivity contribution in [1.82, 2.24) is 0 Å². The van der Waals surface area contributed by atoms with Gasteiger partial charge in [-0.1, -0.05) is 52.0 Å². The van der Waals surface area contributed by atoms with Gasteiger partial charge in [-0.05, 0) is 37.0 Å². The highest BCUT2D eigenvalue weighted by Gasteiger charge is 2.22. The van der Waals surface area contributed by atoms with E-state index in [0.29, 0.717) is 12.0 Å². The normalized spacial score (nSPS) is 31.3. The van der Waals surface area contributed by atoms with Crippen LogP contribution in [0.3, 0.4) is 0 Å². The van der Waals surface area contributed by atoms with E-state index in [9.17, 15) is 0 Å². The van der Waals surface area contributed by atoms with Crippen LogP contribution in [0.4, 0.5) is 0 Å². The lowest BCUT2D eigenvalue weighted by Crippen LogP contribution is -2.24. The molecule has 1 aliphatic rings. The molecule has 0 aromatic rings. The molecule has 1 heteroatoms. The first-order valence-corrected chi connectivity index (χ1v) is 6.83. The molecule has 17 heavy (non-hydrogen) atoms. The van der Waals surface area contributed by atoms with Crippen molar-refractivity contribution in [2.24, 2.45) is 16.3 Å². The van der Waals surface area contributed by atoms with E-state index in [1.165, 1.54) is 6.42 Å². The van der Waals surface area contributed by atoms with Crippen LogP contribution < -0.4 is 0 Å². The maximum absolute atomic E-state index is 4.80. The molecule has 0 spiro atoms. The fourth-order valence-corrected chi connectivity index (χ4v) is 1.91. The molecule has 0 aromatic heterocycles. The molecule has 0 saturated heterocycles. The third-order valence-electron chi connectivity index (χ3n) is 3.22. The highest BCUT2D eigenvalue weighted by Crippen LogP contribution is 2.25. The maximum atomic E-state index is 4.80. The Bertz CT molecular complexity index is 291. The van der Waals surface area contributed by atoms with Crippen molar-refractivity contribution in [3.8, 4) is 0 Å². The summed E-state index contributed by atoms with van der Waals surface area (Å²) >= 11 is 0. The SMILES string of the molecule is CC1C=NC(C(C)(C)C)C/C=C/CC/C=C/C1. The summed E-state index contributed by atoms with van der Waals surface area (Å²) in [6.45, 7) is 9.08. The van der Waals surface area contributed by atoms with Gasteiger partial charge in [-0.3, -0.25) is 4.99 Å². The van der Waals surface area contributed by atoms with Crippen LogP contribution in [0.15, 0.2) is 29.3 Å². The monoisotopic (exact) mass is 233 g/mol. The highest BCUT2D eigenvalue weighted by atomic mass is 14.8. The van der Waals surface area contributed by atoms with Gasteiger partial charge in [0.2, 0.25) is 0 Å². The van der Waals surface area contributed by atoms with Gasteiger partial charge in [-0.2, -0.15) is 0 Å². The van der Waals surface area contributed by atoms with Crippen LogP contribution in [-0.4, -0.2) is 12.3 Å². The Morgan fingerprint density at radius 3 is 2.12 bits per heavy atom. The van der Waals surface area contributed by atoms with Crippen LogP contribution in [0.5, 0.6) is 0 Å². The van der Waals surface area contributed by atoms with E-state index in [-0.39, 0.29) is 5.41 Å². The highest BCUT2D eigenvalue weighted by molar-refractivity contribution is 5.60. The zero-order valence-electron chi connectivity index (χ0n) is 11.8. The number of hydrogen-bond donors (Lipinski definition) is 0. The summed E-state index contributed by atoms with van der Waals surface area (Å²) in [5.74, 6) is 0.555. The summed E-state index contributed by atoms with van der Waals surface area (Å²) in [5, 5.41) is 0. The molecule has 0 aromatic carbocycles. The van der Waals surface area contributed by atoms with E-state index in [4.69, 9.17) is 4.99 Å². The molecule has 1 aliphatic heterocycles.